The molecular weight excluding hydrogens is 261 g/mol. The summed E-state index contributed by atoms with van der Waals surface area (Å²) in [6, 6.07) is 0.912. The molecule has 0 amide bonds. The summed E-state index contributed by atoms with van der Waals surface area (Å²) in [5, 5.41) is 6.47. The number of nitrogens with one attached hydrogen (secondary N) is 1. The molecular formula is C12H14FN7. The van der Waals surface area contributed by atoms with Crippen molar-refractivity contribution < 1.29 is 4.39 Å². The first-order valence-corrected chi connectivity index (χ1v) is 5.84. The van der Waals surface area contributed by atoms with E-state index in [2.05, 4.69) is 25.1 Å². The normalized spacial score (nSPS) is 11.8. The number of nitrogen functional groups attached to an aromatic ring is 1. The van der Waals surface area contributed by atoms with Gasteiger partial charge in [0.2, 0.25) is 0 Å². The van der Waals surface area contributed by atoms with Gasteiger partial charge < -0.3 is 11.5 Å². The van der Waals surface area contributed by atoms with Crippen molar-refractivity contribution in [3.8, 4) is 11.4 Å². The first-order valence-electron chi connectivity index (χ1n) is 5.84. The molecule has 2 rings (SSSR count). The molecule has 20 heavy (non-hydrogen) atoms. The fraction of sp³-hybridized carbons (Fsp3) is 0.167. The van der Waals surface area contributed by atoms with Crippen LogP contribution in [0.1, 0.15) is 18.5 Å². The molecule has 8 heteroatoms. The number of halogens is 1. The number of hydrogen-bond acceptors (Lipinski definition) is 6. The van der Waals surface area contributed by atoms with Crippen LogP contribution in [0.4, 0.5) is 10.2 Å². The summed E-state index contributed by atoms with van der Waals surface area (Å²) in [5.74, 6) is -0.103. The third-order valence-corrected chi connectivity index (χ3v) is 2.50. The number of aromatic nitrogens is 5. The lowest BCUT2D eigenvalue weighted by molar-refractivity contribution is 0.622. The maximum Gasteiger partial charge on any atom is 0.164 e. The Morgan fingerprint density at radius 1 is 1.30 bits per heavy atom. The number of aromatic amines is 1. The summed E-state index contributed by atoms with van der Waals surface area (Å²) in [5.41, 5.74) is 12.6. The molecule has 0 aliphatic rings. The Hall–Kier alpha value is -2.61. The molecule has 1 unspecified atom stereocenters. The van der Waals surface area contributed by atoms with Gasteiger partial charge in [0.15, 0.2) is 5.82 Å². The van der Waals surface area contributed by atoms with Crippen molar-refractivity contribution >= 4 is 5.82 Å². The lowest BCUT2D eigenvalue weighted by Gasteiger charge is -2.04. The van der Waals surface area contributed by atoms with E-state index in [-0.39, 0.29) is 17.7 Å². The Balaban J connectivity index is 2.66. The quantitative estimate of drug-likeness (QED) is 0.755. The second kappa shape index (κ2) is 6.02. The summed E-state index contributed by atoms with van der Waals surface area (Å²) >= 11 is 0. The van der Waals surface area contributed by atoms with Crippen molar-refractivity contribution in [2.75, 3.05) is 5.73 Å². The van der Waals surface area contributed by atoms with E-state index in [1.54, 1.807) is 6.92 Å². The van der Waals surface area contributed by atoms with Gasteiger partial charge >= 0.3 is 0 Å². The number of nitrogens with two attached hydrogens (primary N) is 2. The first kappa shape index (κ1) is 13.8. The van der Waals surface area contributed by atoms with Gasteiger partial charge in [0.25, 0.3) is 0 Å². The van der Waals surface area contributed by atoms with Gasteiger partial charge in [-0.3, -0.25) is 10.1 Å². The van der Waals surface area contributed by atoms with Crippen molar-refractivity contribution in [3.05, 3.63) is 42.4 Å². The maximum atomic E-state index is 13.2. The van der Waals surface area contributed by atoms with Gasteiger partial charge in [-0.25, -0.2) is 14.4 Å². The minimum absolute atomic E-state index is 0.170. The zero-order valence-electron chi connectivity index (χ0n) is 10.8. The van der Waals surface area contributed by atoms with Gasteiger partial charge in [-0.2, -0.15) is 5.10 Å². The van der Waals surface area contributed by atoms with Crippen LogP contribution < -0.4 is 11.5 Å². The minimum atomic E-state index is -0.487. The van der Waals surface area contributed by atoms with Gasteiger partial charge in [-0.05, 0) is 13.0 Å². The molecule has 0 radical (unpaired) electrons. The van der Waals surface area contributed by atoms with E-state index in [0.717, 1.165) is 6.20 Å². The number of H-pyrrole nitrogens is 1. The SMILES string of the molecule is CC(N)c1cn[nH]cnc(-c2cncc(F)c2)nc1N. The third-order valence-electron chi connectivity index (χ3n) is 2.50. The van der Waals surface area contributed by atoms with Crippen LogP contribution in [0.5, 0.6) is 0 Å². The van der Waals surface area contributed by atoms with Crippen LogP contribution in [-0.2, 0) is 0 Å². The van der Waals surface area contributed by atoms with E-state index in [1.807, 2.05) is 0 Å². The molecule has 0 aromatic carbocycles. The average molecular weight is 275 g/mol. The topological polar surface area (TPSA) is 119 Å². The van der Waals surface area contributed by atoms with E-state index in [9.17, 15) is 4.39 Å². The molecule has 1 atom stereocenters. The molecule has 0 bridgehead atoms. The van der Waals surface area contributed by atoms with Crippen molar-refractivity contribution in [1.29, 1.82) is 0 Å². The van der Waals surface area contributed by atoms with Gasteiger partial charge in [-0.1, -0.05) is 0 Å². The van der Waals surface area contributed by atoms with E-state index < -0.39 is 5.82 Å². The van der Waals surface area contributed by atoms with Crippen molar-refractivity contribution in [2.24, 2.45) is 5.73 Å². The summed E-state index contributed by atoms with van der Waals surface area (Å²) in [6.07, 6.45) is 5.33. The molecule has 0 spiro atoms. The van der Waals surface area contributed by atoms with Crippen molar-refractivity contribution in [3.63, 3.8) is 0 Å². The molecule has 0 saturated heterocycles. The van der Waals surface area contributed by atoms with Crippen molar-refractivity contribution in [2.45, 2.75) is 13.0 Å². The maximum absolute atomic E-state index is 13.2. The Bertz CT molecular complexity index is 652. The first-order chi connectivity index (χ1) is 9.58. The van der Waals surface area contributed by atoms with Gasteiger partial charge in [0.05, 0.1) is 12.4 Å². The number of anilines is 1. The van der Waals surface area contributed by atoms with Crippen LogP contribution in [0.3, 0.4) is 0 Å². The molecule has 2 aromatic heterocycles. The standard InChI is InChI=1S/C12H14FN7/c1-7(14)10-5-18-19-6-17-12(20-11(10)15)8-2-9(13)4-16-3-8/h2-7H,14-15H2,1H3,(H,17,19,20). The number of nitrogens with zero attached hydrogens (tertiary/aromatic N) is 4. The van der Waals surface area contributed by atoms with Crippen LogP contribution in [0.2, 0.25) is 0 Å². The monoisotopic (exact) mass is 275 g/mol. The second-order valence-corrected chi connectivity index (χ2v) is 4.10. The molecule has 0 aliphatic carbocycles. The van der Waals surface area contributed by atoms with Crippen molar-refractivity contribution in [1.82, 2.24) is 25.1 Å². The number of rotatable bonds is 2. The van der Waals surface area contributed by atoms with Crippen LogP contribution in [0.15, 0.2) is 31.0 Å². The van der Waals surface area contributed by atoms with E-state index in [0.29, 0.717) is 11.1 Å². The predicted molar refractivity (Wildman–Crippen MR) is 72.0 cm³/mol. The Morgan fingerprint density at radius 3 is 2.80 bits per heavy atom. The zero-order valence-corrected chi connectivity index (χ0v) is 10.8. The van der Waals surface area contributed by atoms with Gasteiger partial charge in [0, 0.05) is 23.4 Å². The van der Waals surface area contributed by atoms with E-state index in [1.165, 1.54) is 24.8 Å². The third kappa shape index (κ3) is 3.23. The van der Waals surface area contributed by atoms with Crippen LogP contribution in [0, 0.1) is 5.82 Å². The number of hydrogen-bond donors (Lipinski definition) is 3. The lowest BCUT2D eigenvalue weighted by Crippen LogP contribution is -2.08. The molecule has 7 nitrogen and oxygen atoms in total. The summed E-state index contributed by atoms with van der Waals surface area (Å²) in [6.45, 7) is 1.76. The van der Waals surface area contributed by atoms with Gasteiger partial charge in [0.1, 0.15) is 18.0 Å². The van der Waals surface area contributed by atoms with Gasteiger partial charge in [-0.15, -0.1) is 0 Å². The van der Waals surface area contributed by atoms with Crippen LogP contribution in [-0.4, -0.2) is 25.1 Å². The highest BCUT2D eigenvalue weighted by molar-refractivity contribution is 5.54. The highest BCUT2D eigenvalue weighted by atomic mass is 19.1. The van der Waals surface area contributed by atoms with E-state index in [4.69, 9.17) is 11.5 Å². The van der Waals surface area contributed by atoms with Crippen LogP contribution >= 0.6 is 0 Å². The molecule has 0 fully saturated rings. The highest BCUT2D eigenvalue weighted by Crippen LogP contribution is 2.17. The molecule has 5 N–H and O–H groups in total. The lowest BCUT2D eigenvalue weighted by atomic mass is 10.2. The summed E-state index contributed by atoms with van der Waals surface area (Å²) in [7, 11) is 0. The minimum Gasteiger partial charge on any atom is -0.383 e. The van der Waals surface area contributed by atoms with E-state index >= 15 is 0 Å². The Labute approximate surface area is 114 Å². The highest BCUT2D eigenvalue weighted by Gasteiger charge is 2.07. The average Bonchev–Trinajstić information content (AvgIpc) is 2.49. The molecule has 0 saturated carbocycles. The molecule has 2 aromatic rings. The smallest absolute Gasteiger partial charge is 0.164 e. The zero-order chi connectivity index (χ0) is 14.5. The second-order valence-electron chi connectivity index (χ2n) is 4.10. The largest absolute Gasteiger partial charge is 0.383 e. The fourth-order valence-corrected chi connectivity index (χ4v) is 1.53. The number of pyridine rings is 1. The Morgan fingerprint density at radius 2 is 2.10 bits per heavy atom. The predicted octanol–water partition coefficient (Wildman–Crippen LogP) is 1.13. The Kier molecular flexibility index (Phi) is 4.16. The summed E-state index contributed by atoms with van der Waals surface area (Å²) in [4.78, 5) is 12.0. The molecule has 2 heterocycles. The fourth-order valence-electron chi connectivity index (χ4n) is 1.53. The summed E-state index contributed by atoms with van der Waals surface area (Å²) < 4.78 is 13.2. The van der Waals surface area contributed by atoms with Crippen LogP contribution in [0.25, 0.3) is 11.4 Å². The molecule has 104 valence electrons. The molecule has 0 aliphatic heterocycles.